The molecule has 0 atom stereocenters. The molecule has 0 aliphatic heterocycles. The van der Waals surface area contributed by atoms with Crippen molar-refractivity contribution in [2.24, 2.45) is 0 Å². The molecular formula is C16H18N2O4S. The molecule has 1 heterocycles. The van der Waals surface area contributed by atoms with Gasteiger partial charge in [-0.1, -0.05) is 0 Å². The Morgan fingerprint density at radius 3 is 2.39 bits per heavy atom. The zero-order valence-corrected chi connectivity index (χ0v) is 14.1. The van der Waals surface area contributed by atoms with Gasteiger partial charge in [-0.3, -0.25) is 10.1 Å². The molecule has 1 aromatic carbocycles. The summed E-state index contributed by atoms with van der Waals surface area (Å²) in [5.41, 5.74) is 1.53. The normalized spacial score (nSPS) is 12.7. The van der Waals surface area contributed by atoms with Crippen LogP contribution in [-0.2, 0) is 12.8 Å². The molecule has 1 aromatic heterocycles. The van der Waals surface area contributed by atoms with E-state index >= 15 is 0 Å². The van der Waals surface area contributed by atoms with E-state index in [4.69, 9.17) is 14.2 Å². The van der Waals surface area contributed by atoms with Crippen molar-refractivity contribution >= 4 is 22.4 Å². The number of aryl methyl sites for hydroxylation is 2. The van der Waals surface area contributed by atoms with E-state index in [0.29, 0.717) is 27.9 Å². The Kier molecular flexibility index (Phi) is 4.38. The van der Waals surface area contributed by atoms with E-state index in [-0.39, 0.29) is 5.91 Å². The summed E-state index contributed by atoms with van der Waals surface area (Å²) in [6.45, 7) is 0. The van der Waals surface area contributed by atoms with Crippen molar-refractivity contribution < 1.29 is 19.0 Å². The van der Waals surface area contributed by atoms with Gasteiger partial charge in [-0.25, -0.2) is 4.98 Å². The molecule has 0 spiro atoms. The molecule has 1 aliphatic carbocycles. The van der Waals surface area contributed by atoms with Crippen LogP contribution >= 0.6 is 11.3 Å². The highest BCUT2D eigenvalue weighted by atomic mass is 32.1. The molecule has 23 heavy (non-hydrogen) atoms. The topological polar surface area (TPSA) is 69.7 Å². The minimum atomic E-state index is -0.253. The maximum atomic E-state index is 12.5. The van der Waals surface area contributed by atoms with Crippen LogP contribution in [0.15, 0.2) is 12.1 Å². The fourth-order valence-electron chi connectivity index (χ4n) is 2.63. The molecular weight excluding hydrogens is 316 g/mol. The number of nitrogens with zero attached hydrogens (tertiary/aromatic N) is 1. The van der Waals surface area contributed by atoms with Crippen molar-refractivity contribution in [3.63, 3.8) is 0 Å². The monoisotopic (exact) mass is 334 g/mol. The molecule has 3 rings (SSSR count). The second kappa shape index (κ2) is 6.45. The Labute approximate surface area is 138 Å². The summed E-state index contributed by atoms with van der Waals surface area (Å²) >= 11 is 1.54. The number of carbonyl (C=O) groups excluding carboxylic acids is 1. The third-order valence-corrected chi connectivity index (χ3v) is 4.82. The Hall–Kier alpha value is -2.28. The highest BCUT2D eigenvalue weighted by Crippen LogP contribution is 2.38. The summed E-state index contributed by atoms with van der Waals surface area (Å²) in [6, 6.07) is 3.25. The quantitative estimate of drug-likeness (QED) is 0.910. The van der Waals surface area contributed by atoms with Gasteiger partial charge in [0.1, 0.15) is 0 Å². The Morgan fingerprint density at radius 2 is 1.83 bits per heavy atom. The van der Waals surface area contributed by atoms with Gasteiger partial charge in [-0.2, -0.15) is 0 Å². The fourth-order valence-corrected chi connectivity index (χ4v) is 3.67. The van der Waals surface area contributed by atoms with E-state index in [1.54, 1.807) is 23.5 Å². The first-order chi connectivity index (χ1) is 11.2. The third kappa shape index (κ3) is 2.96. The molecule has 122 valence electrons. The van der Waals surface area contributed by atoms with Crippen LogP contribution in [0.2, 0.25) is 0 Å². The predicted molar refractivity (Wildman–Crippen MR) is 88.2 cm³/mol. The highest BCUT2D eigenvalue weighted by molar-refractivity contribution is 7.16. The average Bonchev–Trinajstić information content (AvgIpc) is 3.14. The van der Waals surface area contributed by atoms with E-state index in [2.05, 4.69) is 10.3 Å². The number of anilines is 1. The van der Waals surface area contributed by atoms with Crippen LogP contribution in [0.3, 0.4) is 0 Å². The highest BCUT2D eigenvalue weighted by Gasteiger charge is 2.20. The summed E-state index contributed by atoms with van der Waals surface area (Å²) in [5.74, 6) is 1.09. The number of fused-ring (bicyclic) bond motifs is 1. The zero-order valence-electron chi connectivity index (χ0n) is 13.3. The minimum absolute atomic E-state index is 0.253. The van der Waals surface area contributed by atoms with Crippen LogP contribution in [0.5, 0.6) is 17.2 Å². The molecule has 0 saturated heterocycles. The molecule has 2 aromatic rings. The SMILES string of the molecule is COc1cc(C(=O)Nc2nc3c(s2)CCC3)cc(OC)c1OC. The molecule has 0 saturated carbocycles. The van der Waals surface area contributed by atoms with E-state index < -0.39 is 0 Å². The van der Waals surface area contributed by atoms with E-state index in [1.165, 1.54) is 26.2 Å². The third-order valence-electron chi connectivity index (χ3n) is 3.74. The first kappa shape index (κ1) is 15.6. The minimum Gasteiger partial charge on any atom is -0.493 e. The molecule has 6 nitrogen and oxygen atoms in total. The standard InChI is InChI=1S/C16H18N2O4S/c1-20-11-7-9(8-12(21-2)14(11)22-3)15(19)18-16-17-10-5-4-6-13(10)23-16/h7-8H,4-6H2,1-3H3,(H,17,18,19). The zero-order chi connectivity index (χ0) is 16.4. The molecule has 1 N–H and O–H groups in total. The van der Waals surface area contributed by atoms with Crippen LogP contribution < -0.4 is 19.5 Å². The van der Waals surface area contributed by atoms with Gasteiger partial charge in [0.2, 0.25) is 5.75 Å². The summed E-state index contributed by atoms with van der Waals surface area (Å²) in [4.78, 5) is 18.2. The number of methoxy groups -OCH3 is 3. The van der Waals surface area contributed by atoms with Crippen molar-refractivity contribution in [3.8, 4) is 17.2 Å². The lowest BCUT2D eigenvalue weighted by atomic mass is 10.1. The lowest BCUT2D eigenvalue weighted by Gasteiger charge is -2.13. The van der Waals surface area contributed by atoms with Gasteiger partial charge >= 0.3 is 0 Å². The van der Waals surface area contributed by atoms with Crippen molar-refractivity contribution in [3.05, 3.63) is 28.3 Å². The van der Waals surface area contributed by atoms with Crippen molar-refractivity contribution in [1.82, 2.24) is 4.98 Å². The fraction of sp³-hybridized carbons (Fsp3) is 0.375. The van der Waals surface area contributed by atoms with E-state index in [0.717, 1.165) is 25.0 Å². The number of benzene rings is 1. The van der Waals surface area contributed by atoms with E-state index in [1.807, 2.05) is 0 Å². The molecule has 0 bridgehead atoms. The van der Waals surface area contributed by atoms with Crippen molar-refractivity contribution in [2.75, 3.05) is 26.6 Å². The first-order valence-electron chi connectivity index (χ1n) is 7.26. The van der Waals surface area contributed by atoms with Gasteiger partial charge in [0.15, 0.2) is 16.6 Å². The predicted octanol–water partition coefficient (Wildman–Crippen LogP) is 2.91. The van der Waals surface area contributed by atoms with Gasteiger partial charge in [0.25, 0.3) is 5.91 Å². The van der Waals surface area contributed by atoms with Crippen LogP contribution in [0, 0.1) is 0 Å². The first-order valence-corrected chi connectivity index (χ1v) is 8.08. The summed E-state index contributed by atoms with van der Waals surface area (Å²) in [7, 11) is 4.56. The van der Waals surface area contributed by atoms with Crippen LogP contribution in [0.4, 0.5) is 5.13 Å². The lowest BCUT2D eigenvalue weighted by Crippen LogP contribution is -2.12. The number of aromatic nitrogens is 1. The molecule has 1 amide bonds. The summed E-state index contributed by atoms with van der Waals surface area (Å²) in [5, 5.41) is 3.48. The maximum absolute atomic E-state index is 12.5. The second-order valence-corrected chi connectivity index (χ2v) is 6.19. The van der Waals surface area contributed by atoms with Crippen LogP contribution in [0.1, 0.15) is 27.3 Å². The number of hydrogen-bond acceptors (Lipinski definition) is 6. The molecule has 1 aliphatic rings. The Morgan fingerprint density at radius 1 is 1.13 bits per heavy atom. The number of nitrogens with one attached hydrogen (secondary N) is 1. The van der Waals surface area contributed by atoms with Crippen molar-refractivity contribution in [2.45, 2.75) is 19.3 Å². The summed E-state index contributed by atoms with van der Waals surface area (Å²) < 4.78 is 15.8. The number of carbonyl (C=O) groups is 1. The number of thiazole rings is 1. The number of rotatable bonds is 5. The molecule has 0 fully saturated rings. The molecule has 0 radical (unpaired) electrons. The molecule has 7 heteroatoms. The van der Waals surface area contributed by atoms with Gasteiger partial charge in [0.05, 0.1) is 27.0 Å². The van der Waals surface area contributed by atoms with Crippen LogP contribution in [-0.4, -0.2) is 32.2 Å². The van der Waals surface area contributed by atoms with Gasteiger partial charge in [0, 0.05) is 10.4 Å². The van der Waals surface area contributed by atoms with Gasteiger partial charge in [-0.15, -0.1) is 11.3 Å². The maximum Gasteiger partial charge on any atom is 0.257 e. The second-order valence-electron chi connectivity index (χ2n) is 5.11. The number of amides is 1. The Balaban J connectivity index is 1.86. The molecule has 0 unspecified atom stereocenters. The summed E-state index contributed by atoms with van der Waals surface area (Å²) in [6.07, 6.45) is 3.19. The van der Waals surface area contributed by atoms with Gasteiger partial charge < -0.3 is 14.2 Å². The van der Waals surface area contributed by atoms with Crippen molar-refractivity contribution in [1.29, 1.82) is 0 Å². The van der Waals surface area contributed by atoms with Crippen LogP contribution in [0.25, 0.3) is 0 Å². The van der Waals surface area contributed by atoms with E-state index in [9.17, 15) is 4.79 Å². The van der Waals surface area contributed by atoms with Gasteiger partial charge in [-0.05, 0) is 31.4 Å². The number of hydrogen-bond donors (Lipinski definition) is 1. The smallest absolute Gasteiger partial charge is 0.257 e. The average molecular weight is 334 g/mol. The Bertz CT molecular complexity index is 695. The largest absolute Gasteiger partial charge is 0.493 e. The number of ether oxygens (including phenoxy) is 3. The lowest BCUT2D eigenvalue weighted by molar-refractivity contribution is 0.102.